The molecule has 3 rings (SSSR count). The van der Waals surface area contributed by atoms with Crippen LogP contribution in [0.3, 0.4) is 0 Å². The number of rotatable bonds is 3. The summed E-state index contributed by atoms with van der Waals surface area (Å²) in [5.74, 6) is 1.60. The highest BCUT2D eigenvalue weighted by Gasteiger charge is 2.25. The van der Waals surface area contributed by atoms with Gasteiger partial charge < -0.3 is 4.42 Å². The van der Waals surface area contributed by atoms with E-state index in [4.69, 9.17) is 16.0 Å². The molecule has 0 radical (unpaired) electrons. The fraction of sp³-hybridized carbons (Fsp3) is 0.400. The number of benzene rings is 1. The molecule has 1 N–H and O–H groups in total. The number of nitrogens with one attached hydrogen (secondary N) is 1. The molecule has 1 heterocycles. The Morgan fingerprint density at radius 2 is 2.32 bits per heavy atom. The van der Waals surface area contributed by atoms with Crippen LogP contribution in [-0.2, 0) is 6.42 Å². The molecule has 19 heavy (non-hydrogen) atoms. The van der Waals surface area contributed by atoms with Crippen molar-refractivity contribution >= 4 is 11.6 Å². The van der Waals surface area contributed by atoms with Gasteiger partial charge in [0, 0.05) is 11.1 Å². The van der Waals surface area contributed by atoms with Crippen molar-refractivity contribution in [3.63, 3.8) is 0 Å². The number of hydrogen-bond acceptors (Lipinski definition) is 3. The van der Waals surface area contributed by atoms with Crippen LogP contribution in [0.25, 0.3) is 0 Å². The summed E-state index contributed by atoms with van der Waals surface area (Å²) in [6.45, 7) is 4.00. The van der Waals surface area contributed by atoms with Crippen LogP contribution in [0.5, 0.6) is 0 Å². The Kier molecular flexibility index (Phi) is 3.33. The Bertz CT molecular complexity index is 594. The van der Waals surface area contributed by atoms with Crippen molar-refractivity contribution in [2.45, 2.75) is 38.8 Å². The Hall–Kier alpha value is -1.32. The van der Waals surface area contributed by atoms with E-state index in [1.807, 2.05) is 13.0 Å². The SMILES string of the molecule is Cc1cnc(C(C)NC2CCc3cc(Cl)ccc32)o1. The van der Waals surface area contributed by atoms with Gasteiger partial charge in [0.05, 0.1) is 12.2 Å². The number of oxazole rings is 1. The second kappa shape index (κ2) is 4.99. The highest BCUT2D eigenvalue weighted by atomic mass is 35.5. The maximum absolute atomic E-state index is 6.03. The van der Waals surface area contributed by atoms with Gasteiger partial charge in [-0.2, -0.15) is 0 Å². The van der Waals surface area contributed by atoms with Gasteiger partial charge >= 0.3 is 0 Å². The van der Waals surface area contributed by atoms with E-state index >= 15 is 0 Å². The molecule has 1 aromatic heterocycles. The molecule has 3 nitrogen and oxygen atoms in total. The van der Waals surface area contributed by atoms with E-state index in [9.17, 15) is 0 Å². The summed E-state index contributed by atoms with van der Waals surface area (Å²) in [6.07, 6.45) is 3.93. The highest BCUT2D eigenvalue weighted by Crippen LogP contribution is 2.34. The third-order valence-electron chi connectivity index (χ3n) is 3.64. The van der Waals surface area contributed by atoms with E-state index in [2.05, 4.69) is 29.4 Å². The van der Waals surface area contributed by atoms with Crippen LogP contribution in [0.15, 0.2) is 28.8 Å². The molecule has 0 spiro atoms. The van der Waals surface area contributed by atoms with E-state index in [0.717, 1.165) is 29.5 Å². The minimum atomic E-state index is 0.111. The lowest BCUT2D eigenvalue weighted by Crippen LogP contribution is -2.23. The maximum Gasteiger partial charge on any atom is 0.211 e. The highest BCUT2D eigenvalue weighted by molar-refractivity contribution is 6.30. The van der Waals surface area contributed by atoms with Gasteiger partial charge in [0.25, 0.3) is 0 Å². The first-order valence-corrected chi connectivity index (χ1v) is 6.98. The minimum absolute atomic E-state index is 0.111. The molecule has 1 aliphatic carbocycles. The monoisotopic (exact) mass is 276 g/mol. The topological polar surface area (TPSA) is 38.1 Å². The largest absolute Gasteiger partial charge is 0.444 e. The van der Waals surface area contributed by atoms with Gasteiger partial charge in [-0.3, -0.25) is 5.32 Å². The molecular formula is C15H17ClN2O. The molecule has 2 atom stereocenters. The number of fused-ring (bicyclic) bond motifs is 1. The lowest BCUT2D eigenvalue weighted by atomic mass is 10.1. The Labute approximate surface area is 118 Å². The molecule has 100 valence electrons. The number of hydrogen-bond donors (Lipinski definition) is 1. The van der Waals surface area contributed by atoms with Gasteiger partial charge in [-0.05, 0) is 49.9 Å². The van der Waals surface area contributed by atoms with Crippen LogP contribution in [0, 0.1) is 6.92 Å². The van der Waals surface area contributed by atoms with Gasteiger partial charge in [0.15, 0.2) is 0 Å². The van der Waals surface area contributed by atoms with E-state index in [-0.39, 0.29) is 6.04 Å². The fourth-order valence-corrected chi connectivity index (χ4v) is 2.90. The van der Waals surface area contributed by atoms with Crippen molar-refractivity contribution in [2.75, 3.05) is 0 Å². The first-order chi connectivity index (χ1) is 9.13. The Balaban J connectivity index is 1.76. The van der Waals surface area contributed by atoms with Gasteiger partial charge in [-0.1, -0.05) is 17.7 Å². The second-order valence-electron chi connectivity index (χ2n) is 5.13. The molecule has 1 aliphatic rings. The molecule has 1 aromatic carbocycles. The number of halogens is 1. The summed E-state index contributed by atoms with van der Waals surface area (Å²) in [6, 6.07) is 6.61. The van der Waals surface area contributed by atoms with Crippen LogP contribution in [-0.4, -0.2) is 4.98 Å². The zero-order chi connectivity index (χ0) is 13.4. The predicted molar refractivity (Wildman–Crippen MR) is 75.3 cm³/mol. The normalized spacial score (nSPS) is 19.4. The molecule has 2 aromatic rings. The zero-order valence-electron chi connectivity index (χ0n) is 11.1. The summed E-state index contributed by atoms with van der Waals surface area (Å²) < 4.78 is 5.57. The molecule has 4 heteroatoms. The zero-order valence-corrected chi connectivity index (χ0v) is 11.9. The standard InChI is InChI=1S/C15H17ClN2O/c1-9-8-17-15(19-9)10(2)18-14-6-3-11-7-12(16)4-5-13(11)14/h4-5,7-8,10,14,18H,3,6H2,1-2H3. The maximum atomic E-state index is 6.03. The first kappa shape index (κ1) is 12.7. The quantitative estimate of drug-likeness (QED) is 0.922. The van der Waals surface area contributed by atoms with Crippen molar-refractivity contribution in [1.29, 1.82) is 0 Å². The molecule has 0 amide bonds. The number of aryl methyl sites for hydroxylation is 2. The predicted octanol–water partition coefficient (Wildman–Crippen LogP) is 3.97. The van der Waals surface area contributed by atoms with E-state index < -0.39 is 0 Å². The van der Waals surface area contributed by atoms with Crippen LogP contribution < -0.4 is 5.32 Å². The fourth-order valence-electron chi connectivity index (χ4n) is 2.70. The van der Waals surface area contributed by atoms with Crippen LogP contribution >= 0.6 is 11.6 Å². The van der Waals surface area contributed by atoms with Crippen molar-refractivity contribution in [3.8, 4) is 0 Å². The molecule has 0 saturated carbocycles. The minimum Gasteiger partial charge on any atom is -0.444 e. The van der Waals surface area contributed by atoms with E-state index in [1.54, 1.807) is 6.20 Å². The number of aromatic nitrogens is 1. The Morgan fingerprint density at radius 1 is 1.47 bits per heavy atom. The summed E-state index contributed by atoms with van der Waals surface area (Å²) in [4.78, 5) is 4.28. The van der Waals surface area contributed by atoms with Gasteiger partial charge in [0.2, 0.25) is 5.89 Å². The van der Waals surface area contributed by atoms with E-state index in [1.165, 1.54) is 11.1 Å². The number of nitrogens with zero attached hydrogens (tertiary/aromatic N) is 1. The van der Waals surface area contributed by atoms with Crippen molar-refractivity contribution in [3.05, 3.63) is 52.2 Å². The van der Waals surface area contributed by atoms with E-state index in [0.29, 0.717) is 6.04 Å². The molecule has 0 fully saturated rings. The lowest BCUT2D eigenvalue weighted by Gasteiger charge is -2.18. The molecule has 2 unspecified atom stereocenters. The summed E-state index contributed by atoms with van der Waals surface area (Å²) >= 11 is 6.03. The third kappa shape index (κ3) is 2.53. The molecule has 0 aliphatic heterocycles. The molecule has 0 bridgehead atoms. The smallest absolute Gasteiger partial charge is 0.211 e. The van der Waals surface area contributed by atoms with Gasteiger partial charge in [0.1, 0.15) is 5.76 Å². The lowest BCUT2D eigenvalue weighted by molar-refractivity contribution is 0.371. The van der Waals surface area contributed by atoms with Gasteiger partial charge in [-0.25, -0.2) is 4.98 Å². The van der Waals surface area contributed by atoms with Crippen LogP contribution in [0.4, 0.5) is 0 Å². The van der Waals surface area contributed by atoms with Gasteiger partial charge in [-0.15, -0.1) is 0 Å². The summed E-state index contributed by atoms with van der Waals surface area (Å²) in [5.41, 5.74) is 2.69. The average Bonchev–Trinajstić information content (AvgIpc) is 2.96. The van der Waals surface area contributed by atoms with Crippen LogP contribution in [0.1, 0.15) is 48.2 Å². The first-order valence-electron chi connectivity index (χ1n) is 6.60. The van der Waals surface area contributed by atoms with Crippen LogP contribution in [0.2, 0.25) is 5.02 Å². The second-order valence-corrected chi connectivity index (χ2v) is 5.57. The average molecular weight is 277 g/mol. The summed E-state index contributed by atoms with van der Waals surface area (Å²) in [7, 11) is 0. The third-order valence-corrected chi connectivity index (χ3v) is 3.88. The van der Waals surface area contributed by atoms with Crippen molar-refractivity contribution in [2.24, 2.45) is 0 Å². The summed E-state index contributed by atoms with van der Waals surface area (Å²) in [5, 5.41) is 4.40. The van der Waals surface area contributed by atoms with Crippen molar-refractivity contribution in [1.82, 2.24) is 10.3 Å². The molecule has 0 saturated heterocycles. The van der Waals surface area contributed by atoms with Crippen molar-refractivity contribution < 1.29 is 4.42 Å². The Morgan fingerprint density at radius 3 is 3.05 bits per heavy atom. The molecular weight excluding hydrogens is 260 g/mol.